The topological polar surface area (TPSA) is 33.1 Å². The predicted octanol–water partition coefficient (Wildman–Crippen LogP) is 7.13. The van der Waals surface area contributed by atoms with Gasteiger partial charge in [0, 0.05) is 29.0 Å². The van der Waals surface area contributed by atoms with Crippen molar-refractivity contribution < 1.29 is 17.6 Å². The van der Waals surface area contributed by atoms with Crippen molar-refractivity contribution >= 4 is 23.0 Å². The number of aromatic nitrogens is 2. The van der Waals surface area contributed by atoms with E-state index in [0.29, 0.717) is 22.1 Å². The van der Waals surface area contributed by atoms with Crippen molar-refractivity contribution in [1.29, 1.82) is 0 Å². The van der Waals surface area contributed by atoms with Gasteiger partial charge in [0.2, 0.25) is 0 Å². The third-order valence-corrected chi connectivity index (χ3v) is 7.05. The Labute approximate surface area is 217 Å². The number of benzene rings is 2. The highest BCUT2D eigenvalue weighted by molar-refractivity contribution is 7.80. The number of rotatable bonds is 4. The fraction of sp³-hybridized carbons (Fsp3) is 0.214. The standard InChI is InChI=1S/C28H24F4N4S/c1-16-13-21(10-11-23(16)29)36-26(25(34-27(36)37)24-9-4-5-12-33-24)22-14-17(2)35(18(22)3)20-8-6-7-19(15-20)28(30,31)32/h4-15,25-26H,1-3H3,(H,34,37)/t25-,26-/m0/s1. The summed E-state index contributed by atoms with van der Waals surface area (Å²) in [6.07, 6.45) is -2.75. The molecule has 0 bridgehead atoms. The van der Waals surface area contributed by atoms with E-state index in [9.17, 15) is 17.6 Å². The van der Waals surface area contributed by atoms with Gasteiger partial charge in [-0.3, -0.25) is 4.98 Å². The number of aryl methyl sites for hydroxylation is 2. The molecule has 3 heterocycles. The van der Waals surface area contributed by atoms with Gasteiger partial charge in [0.15, 0.2) is 5.11 Å². The lowest BCUT2D eigenvalue weighted by Gasteiger charge is -2.28. The Hall–Kier alpha value is -3.72. The molecular weight excluding hydrogens is 500 g/mol. The molecule has 0 amide bonds. The summed E-state index contributed by atoms with van der Waals surface area (Å²) in [6.45, 7) is 5.43. The Morgan fingerprint density at radius 2 is 1.70 bits per heavy atom. The summed E-state index contributed by atoms with van der Waals surface area (Å²) in [7, 11) is 0. The second-order valence-corrected chi connectivity index (χ2v) is 9.53. The first kappa shape index (κ1) is 25.0. The number of halogens is 4. The summed E-state index contributed by atoms with van der Waals surface area (Å²) in [5, 5.41) is 3.82. The molecule has 9 heteroatoms. The van der Waals surface area contributed by atoms with Crippen LogP contribution in [0.1, 0.15) is 45.9 Å². The van der Waals surface area contributed by atoms with Gasteiger partial charge >= 0.3 is 6.18 Å². The van der Waals surface area contributed by atoms with E-state index in [-0.39, 0.29) is 17.9 Å². The van der Waals surface area contributed by atoms with Crippen LogP contribution in [-0.2, 0) is 6.18 Å². The van der Waals surface area contributed by atoms with Crippen LogP contribution in [0.5, 0.6) is 0 Å². The van der Waals surface area contributed by atoms with Gasteiger partial charge in [-0.05, 0) is 98.7 Å². The van der Waals surface area contributed by atoms with Crippen LogP contribution in [0.25, 0.3) is 5.69 Å². The number of thiocarbonyl (C=S) groups is 1. The van der Waals surface area contributed by atoms with Crippen LogP contribution >= 0.6 is 12.2 Å². The fourth-order valence-corrected chi connectivity index (χ4v) is 5.38. The van der Waals surface area contributed by atoms with E-state index in [4.69, 9.17) is 12.2 Å². The van der Waals surface area contributed by atoms with E-state index < -0.39 is 11.7 Å². The first-order chi connectivity index (χ1) is 17.6. The van der Waals surface area contributed by atoms with Crippen molar-refractivity contribution in [2.24, 2.45) is 0 Å². The van der Waals surface area contributed by atoms with Crippen molar-refractivity contribution in [2.45, 2.75) is 39.0 Å². The highest BCUT2D eigenvalue weighted by Gasteiger charge is 2.42. The molecule has 2 atom stereocenters. The Balaban J connectivity index is 1.68. The highest BCUT2D eigenvalue weighted by atomic mass is 32.1. The minimum atomic E-state index is -4.45. The molecule has 190 valence electrons. The Morgan fingerprint density at radius 3 is 2.38 bits per heavy atom. The molecule has 0 radical (unpaired) electrons. The highest BCUT2D eigenvalue weighted by Crippen LogP contribution is 2.44. The number of anilines is 1. The zero-order valence-electron chi connectivity index (χ0n) is 20.3. The summed E-state index contributed by atoms with van der Waals surface area (Å²) in [5.74, 6) is -0.317. The first-order valence-corrected chi connectivity index (χ1v) is 12.1. The lowest BCUT2D eigenvalue weighted by Crippen LogP contribution is -2.29. The Kier molecular flexibility index (Phi) is 6.27. The van der Waals surface area contributed by atoms with Crippen LogP contribution < -0.4 is 10.2 Å². The fourth-order valence-electron chi connectivity index (χ4n) is 5.03. The van der Waals surface area contributed by atoms with Crippen molar-refractivity contribution in [3.63, 3.8) is 0 Å². The first-order valence-electron chi connectivity index (χ1n) is 11.7. The normalized spacial score (nSPS) is 17.8. The summed E-state index contributed by atoms with van der Waals surface area (Å²) in [5.41, 5.74) is 4.09. The second kappa shape index (κ2) is 9.30. The third-order valence-electron chi connectivity index (χ3n) is 6.74. The van der Waals surface area contributed by atoms with E-state index in [0.717, 1.165) is 34.8 Å². The van der Waals surface area contributed by atoms with E-state index in [1.807, 2.05) is 47.6 Å². The third kappa shape index (κ3) is 4.48. The van der Waals surface area contributed by atoms with Crippen molar-refractivity contribution in [3.8, 4) is 5.69 Å². The van der Waals surface area contributed by atoms with Crippen molar-refractivity contribution in [1.82, 2.24) is 14.9 Å². The number of alkyl halides is 3. The van der Waals surface area contributed by atoms with Crippen LogP contribution in [0, 0.1) is 26.6 Å². The second-order valence-electron chi connectivity index (χ2n) is 9.14. The van der Waals surface area contributed by atoms with Crippen molar-refractivity contribution in [2.75, 3.05) is 4.90 Å². The molecule has 0 aliphatic carbocycles. The van der Waals surface area contributed by atoms with E-state index in [1.165, 1.54) is 12.1 Å². The van der Waals surface area contributed by atoms with Gasteiger partial charge in [-0.1, -0.05) is 12.1 Å². The van der Waals surface area contributed by atoms with Gasteiger partial charge in [-0.15, -0.1) is 0 Å². The van der Waals surface area contributed by atoms with Crippen molar-refractivity contribution in [3.05, 3.63) is 113 Å². The van der Waals surface area contributed by atoms with Gasteiger partial charge in [0.25, 0.3) is 0 Å². The molecule has 1 fully saturated rings. The molecule has 37 heavy (non-hydrogen) atoms. The molecule has 0 spiro atoms. The van der Waals surface area contributed by atoms with Gasteiger partial charge < -0.3 is 14.8 Å². The minimum Gasteiger partial charge on any atom is -0.351 e. The van der Waals surface area contributed by atoms with Crippen LogP contribution in [0.3, 0.4) is 0 Å². The largest absolute Gasteiger partial charge is 0.416 e. The monoisotopic (exact) mass is 524 g/mol. The van der Waals surface area contributed by atoms with Crippen LogP contribution in [0.15, 0.2) is 72.9 Å². The van der Waals surface area contributed by atoms with E-state index in [2.05, 4.69) is 10.3 Å². The molecule has 1 aliphatic rings. The maximum Gasteiger partial charge on any atom is 0.416 e. The molecule has 1 saturated heterocycles. The smallest absolute Gasteiger partial charge is 0.351 e. The van der Waals surface area contributed by atoms with Crippen LogP contribution in [0.4, 0.5) is 23.2 Å². The average molecular weight is 525 g/mol. The lowest BCUT2D eigenvalue weighted by molar-refractivity contribution is -0.137. The number of hydrogen-bond acceptors (Lipinski definition) is 2. The quantitative estimate of drug-likeness (QED) is 0.227. The maximum absolute atomic E-state index is 14.1. The molecular formula is C28H24F4N4S. The molecule has 0 unspecified atom stereocenters. The number of hydrogen-bond donors (Lipinski definition) is 1. The van der Waals surface area contributed by atoms with Gasteiger partial charge in [-0.25, -0.2) is 4.39 Å². The van der Waals surface area contributed by atoms with Gasteiger partial charge in [-0.2, -0.15) is 13.2 Å². The van der Waals surface area contributed by atoms with Crippen LogP contribution in [-0.4, -0.2) is 14.7 Å². The van der Waals surface area contributed by atoms with E-state index in [1.54, 1.807) is 31.3 Å². The summed E-state index contributed by atoms with van der Waals surface area (Å²) in [4.78, 5) is 6.48. The van der Waals surface area contributed by atoms with E-state index >= 15 is 0 Å². The van der Waals surface area contributed by atoms with Gasteiger partial charge in [0.1, 0.15) is 5.82 Å². The van der Waals surface area contributed by atoms with Crippen LogP contribution in [0.2, 0.25) is 0 Å². The summed E-state index contributed by atoms with van der Waals surface area (Å²) in [6, 6.07) is 17.0. The molecule has 1 N–H and O–H groups in total. The molecule has 1 aliphatic heterocycles. The Morgan fingerprint density at radius 1 is 0.919 bits per heavy atom. The Bertz CT molecular complexity index is 1480. The summed E-state index contributed by atoms with van der Waals surface area (Å²) >= 11 is 5.75. The molecule has 4 aromatic rings. The number of nitrogens with one attached hydrogen (secondary N) is 1. The zero-order valence-corrected chi connectivity index (χ0v) is 21.2. The SMILES string of the molecule is Cc1cc(N2C(=S)N[C@@H](c3ccccn3)[C@@H]2c2cc(C)n(-c3cccc(C(F)(F)F)c3)c2C)ccc1F. The molecule has 0 saturated carbocycles. The molecule has 5 rings (SSSR count). The lowest BCUT2D eigenvalue weighted by atomic mass is 9.96. The summed E-state index contributed by atoms with van der Waals surface area (Å²) < 4.78 is 56.3. The maximum atomic E-state index is 14.1. The van der Waals surface area contributed by atoms with Gasteiger partial charge in [0.05, 0.1) is 23.3 Å². The minimum absolute atomic E-state index is 0.317. The number of pyridine rings is 1. The predicted molar refractivity (Wildman–Crippen MR) is 139 cm³/mol. The molecule has 2 aromatic heterocycles. The number of nitrogens with zero attached hydrogens (tertiary/aromatic N) is 3. The average Bonchev–Trinajstić information content (AvgIpc) is 3.36. The zero-order chi connectivity index (χ0) is 26.5. The molecule has 4 nitrogen and oxygen atoms in total. The molecule has 2 aromatic carbocycles.